The highest BCUT2D eigenvalue weighted by molar-refractivity contribution is 5.91. The van der Waals surface area contributed by atoms with Crippen molar-refractivity contribution >= 4 is 23.6 Å². The summed E-state index contributed by atoms with van der Waals surface area (Å²) in [7, 11) is 0. The smallest absolute Gasteiger partial charge is 0.246 e. The fraction of sp³-hybridized carbons (Fsp3) is 0.273. The minimum absolute atomic E-state index is 0.0197. The number of hydrogen-bond acceptors (Lipinski definition) is 6. The molecular formula is C22H23N5O2. The van der Waals surface area contributed by atoms with Crippen molar-refractivity contribution in [2.45, 2.75) is 19.3 Å². The van der Waals surface area contributed by atoms with E-state index >= 15 is 0 Å². The van der Waals surface area contributed by atoms with Gasteiger partial charge in [0.15, 0.2) is 0 Å². The van der Waals surface area contributed by atoms with Gasteiger partial charge in [-0.1, -0.05) is 6.07 Å². The first-order valence-corrected chi connectivity index (χ1v) is 9.76. The van der Waals surface area contributed by atoms with Crippen LogP contribution in [0.2, 0.25) is 0 Å². The van der Waals surface area contributed by atoms with E-state index in [-0.39, 0.29) is 5.91 Å². The molecule has 29 heavy (non-hydrogen) atoms. The third-order valence-corrected chi connectivity index (χ3v) is 4.91. The first-order valence-electron chi connectivity index (χ1n) is 9.76. The van der Waals surface area contributed by atoms with Crippen LogP contribution in [0, 0.1) is 5.92 Å². The number of nitrogens with zero attached hydrogens (tertiary/aromatic N) is 4. The number of nitrogens with one attached hydrogen (secondary N) is 1. The fourth-order valence-electron chi connectivity index (χ4n) is 3.52. The Kier molecular flexibility index (Phi) is 5.95. The second-order valence-corrected chi connectivity index (χ2v) is 7.08. The van der Waals surface area contributed by atoms with Crippen LogP contribution in [-0.4, -0.2) is 38.8 Å². The minimum Gasteiger partial charge on any atom is -0.465 e. The van der Waals surface area contributed by atoms with Crippen molar-refractivity contribution < 1.29 is 9.21 Å². The van der Waals surface area contributed by atoms with Crippen LogP contribution >= 0.6 is 0 Å². The lowest BCUT2D eigenvalue weighted by molar-refractivity contribution is -0.127. The van der Waals surface area contributed by atoms with Crippen molar-refractivity contribution in [3.63, 3.8) is 0 Å². The molecule has 1 fully saturated rings. The Labute approximate surface area is 169 Å². The van der Waals surface area contributed by atoms with Crippen LogP contribution in [0.4, 0.5) is 11.6 Å². The van der Waals surface area contributed by atoms with Crippen LogP contribution < -0.4 is 5.32 Å². The number of aromatic nitrogens is 3. The summed E-state index contributed by atoms with van der Waals surface area (Å²) in [6, 6.07) is 11.3. The van der Waals surface area contributed by atoms with Gasteiger partial charge in [-0.2, -0.15) is 0 Å². The van der Waals surface area contributed by atoms with Crippen LogP contribution in [0.5, 0.6) is 0 Å². The molecule has 1 N–H and O–H groups in total. The summed E-state index contributed by atoms with van der Waals surface area (Å²) < 4.78 is 5.24. The maximum absolute atomic E-state index is 12.5. The number of pyridine rings is 1. The molecule has 0 unspecified atom stereocenters. The van der Waals surface area contributed by atoms with E-state index in [1.54, 1.807) is 37.0 Å². The summed E-state index contributed by atoms with van der Waals surface area (Å²) in [4.78, 5) is 27.4. The fourth-order valence-corrected chi connectivity index (χ4v) is 3.52. The Morgan fingerprint density at radius 1 is 1.21 bits per heavy atom. The maximum atomic E-state index is 12.5. The molecule has 0 spiro atoms. The Balaban J connectivity index is 1.35. The third-order valence-electron chi connectivity index (χ3n) is 4.91. The minimum atomic E-state index is 0.0197. The first kappa shape index (κ1) is 18.9. The standard InChI is InChI=1S/C22H23N5O2/c28-22(9-8-19-6-4-12-29-19)27-11-3-5-17(15-27)13-18-14-21(25-16-24-18)26-20-7-1-2-10-23-20/h1-2,4,6-10,12,14,16-17H,3,5,11,13,15H2,(H,23,24,25,26)/b9-8+/t17-/m1/s1. The van der Waals surface area contributed by atoms with E-state index in [4.69, 9.17) is 4.42 Å². The van der Waals surface area contributed by atoms with Crippen molar-refractivity contribution in [2.24, 2.45) is 5.92 Å². The molecule has 0 radical (unpaired) electrons. The summed E-state index contributed by atoms with van der Waals surface area (Å²) in [6.07, 6.45) is 11.1. The lowest BCUT2D eigenvalue weighted by Crippen LogP contribution is -2.39. The Morgan fingerprint density at radius 3 is 3.00 bits per heavy atom. The molecule has 0 saturated carbocycles. The lowest BCUT2D eigenvalue weighted by Gasteiger charge is -2.32. The molecule has 1 amide bonds. The summed E-state index contributed by atoms with van der Waals surface area (Å²) in [5.74, 6) is 2.54. The Hall–Kier alpha value is -3.48. The van der Waals surface area contributed by atoms with E-state index in [0.29, 0.717) is 11.7 Å². The summed E-state index contributed by atoms with van der Waals surface area (Å²) in [5.41, 5.74) is 0.962. The predicted molar refractivity (Wildman–Crippen MR) is 110 cm³/mol. The number of hydrogen-bond donors (Lipinski definition) is 1. The van der Waals surface area contributed by atoms with Gasteiger partial charge in [0.25, 0.3) is 0 Å². The van der Waals surface area contributed by atoms with E-state index in [9.17, 15) is 4.79 Å². The molecule has 1 aliphatic heterocycles. The van der Waals surface area contributed by atoms with Gasteiger partial charge in [-0.25, -0.2) is 15.0 Å². The van der Waals surface area contributed by atoms with Crippen molar-refractivity contribution in [2.75, 3.05) is 18.4 Å². The highest BCUT2D eigenvalue weighted by Gasteiger charge is 2.23. The number of carbonyl (C=O) groups is 1. The summed E-state index contributed by atoms with van der Waals surface area (Å²) in [5, 5.41) is 3.19. The normalized spacial score (nSPS) is 16.8. The SMILES string of the molecule is O=C(/C=C/c1ccco1)N1CCC[C@H](Cc2cc(Nc3ccccn3)ncn2)C1. The molecule has 3 aromatic heterocycles. The van der Waals surface area contributed by atoms with Gasteiger partial charge in [0.2, 0.25) is 5.91 Å². The van der Waals surface area contributed by atoms with E-state index in [1.165, 1.54) is 0 Å². The molecule has 0 aliphatic carbocycles. The Morgan fingerprint density at radius 2 is 2.17 bits per heavy atom. The van der Waals surface area contributed by atoms with Gasteiger partial charge in [-0.3, -0.25) is 4.79 Å². The van der Waals surface area contributed by atoms with Crippen molar-refractivity contribution in [1.82, 2.24) is 19.9 Å². The van der Waals surface area contributed by atoms with Gasteiger partial charge in [-0.15, -0.1) is 0 Å². The van der Waals surface area contributed by atoms with Crippen molar-refractivity contribution in [3.8, 4) is 0 Å². The van der Waals surface area contributed by atoms with Crippen molar-refractivity contribution in [1.29, 1.82) is 0 Å². The summed E-state index contributed by atoms with van der Waals surface area (Å²) in [6.45, 7) is 1.52. The number of rotatable bonds is 6. The molecule has 4 heterocycles. The second-order valence-electron chi connectivity index (χ2n) is 7.08. The van der Waals surface area contributed by atoms with Gasteiger partial charge in [-0.05, 0) is 55.5 Å². The number of furan rings is 1. The molecule has 1 atom stereocenters. The van der Waals surface area contributed by atoms with E-state index in [2.05, 4.69) is 20.3 Å². The van der Waals surface area contributed by atoms with Crippen LogP contribution in [0.1, 0.15) is 24.3 Å². The zero-order valence-corrected chi connectivity index (χ0v) is 16.1. The zero-order valence-electron chi connectivity index (χ0n) is 16.1. The molecule has 148 valence electrons. The van der Waals surface area contributed by atoms with Crippen LogP contribution in [-0.2, 0) is 11.2 Å². The monoisotopic (exact) mass is 389 g/mol. The van der Waals surface area contributed by atoms with E-state index < -0.39 is 0 Å². The van der Waals surface area contributed by atoms with Gasteiger partial charge in [0.05, 0.1) is 6.26 Å². The Bertz CT molecular complexity index is 956. The molecule has 7 nitrogen and oxygen atoms in total. The number of amides is 1. The molecule has 0 bridgehead atoms. The topological polar surface area (TPSA) is 84.2 Å². The molecule has 7 heteroatoms. The largest absolute Gasteiger partial charge is 0.465 e. The van der Waals surface area contributed by atoms with Crippen molar-refractivity contribution in [3.05, 3.63) is 72.7 Å². The average molecular weight is 389 g/mol. The van der Waals surface area contributed by atoms with Gasteiger partial charge < -0.3 is 14.6 Å². The van der Waals surface area contributed by atoms with Gasteiger partial charge in [0.1, 0.15) is 23.7 Å². The predicted octanol–water partition coefficient (Wildman–Crippen LogP) is 3.70. The first-order chi connectivity index (χ1) is 14.3. The van der Waals surface area contributed by atoms with E-state index in [0.717, 1.165) is 49.7 Å². The second kappa shape index (κ2) is 9.14. The van der Waals surface area contributed by atoms with Crippen LogP contribution in [0.3, 0.4) is 0 Å². The van der Waals surface area contributed by atoms with Crippen LogP contribution in [0.25, 0.3) is 6.08 Å². The van der Waals surface area contributed by atoms with Crippen LogP contribution in [0.15, 0.2) is 65.7 Å². The lowest BCUT2D eigenvalue weighted by atomic mass is 9.93. The number of piperidine rings is 1. The number of anilines is 2. The molecule has 3 aromatic rings. The molecule has 0 aromatic carbocycles. The highest BCUT2D eigenvalue weighted by atomic mass is 16.3. The highest BCUT2D eigenvalue weighted by Crippen LogP contribution is 2.22. The molecule has 4 rings (SSSR count). The van der Waals surface area contributed by atoms with Gasteiger partial charge >= 0.3 is 0 Å². The number of carbonyl (C=O) groups excluding carboxylic acids is 1. The van der Waals surface area contributed by atoms with Gasteiger partial charge in [0, 0.05) is 37.1 Å². The maximum Gasteiger partial charge on any atom is 0.246 e. The average Bonchev–Trinajstić information content (AvgIpc) is 3.27. The molecule has 1 saturated heterocycles. The zero-order chi connectivity index (χ0) is 19.9. The third kappa shape index (κ3) is 5.28. The molecule has 1 aliphatic rings. The number of likely N-dealkylation sites (tertiary alicyclic amines) is 1. The quantitative estimate of drug-likeness (QED) is 0.647. The molecular weight excluding hydrogens is 366 g/mol. The van der Waals surface area contributed by atoms with E-state index in [1.807, 2.05) is 35.2 Å². The summed E-state index contributed by atoms with van der Waals surface area (Å²) >= 11 is 0.